The first-order valence-corrected chi connectivity index (χ1v) is 5.43. The molecule has 2 rings (SSSR count). The number of aromatic amines is 1. The molecule has 0 aliphatic heterocycles. The van der Waals surface area contributed by atoms with Gasteiger partial charge in [-0.25, -0.2) is 0 Å². The molecule has 1 amide bonds. The number of nitrogens with zero attached hydrogens (tertiary/aromatic N) is 1. The number of carbonyl (C=O) groups excluding carboxylic acids is 1. The number of aryl methyl sites for hydroxylation is 1. The van der Waals surface area contributed by atoms with Crippen LogP contribution in [0.1, 0.15) is 20.9 Å². The van der Waals surface area contributed by atoms with Crippen LogP contribution in [0.5, 0.6) is 0 Å². The van der Waals surface area contributed by atoms with E-state index in [4.69, 9.17) is 0 Å². The highest BCUT2D eigenvalue weighted by Gasteiger charge is 2.11. The summed E-state index contributed by atoms with van der Waals surface area (Å²) in [4.78, 5) is 12.4. The summed E-state index contributed by atoms with van der Waals surface area (Å²) in [5.74, 6) is 0.491. The predicted molar refractivity (Wildman–Crippen MR) is 60.3 cm³/mol. The quantitative estimate of drug-likeness (QED) is 0.817. The third-order valence-electron chi connectivity index (χ3n) is 2.23. The summed E-state index contributed by atoms with van der Waals surface area (Å²) in [5, 5.41) is 11.5. The maximum atomic E-state index is 11.7. The van der Waals surface area contributed by atoms with Gasteiger partial charge in [-0.2, -0.15) is 5.10 Å². The first-order valence-electron chi connectivity index (χ1n) is 4.55. The first-order chi connectivity index (χ1) is 7.18. The zero-order valence-electron chi connectivity index (χ0n) is 8.50. The van der Waals surface area contributed by atoms with Gasteiger partial charge >= 0.3 is 0 Å². The molecule has 78 valence electrons. The molecule has 0 fully saturated rings. The lowest BCUT2D eigenvalue weighted by Crippen LogP contribution is -2.11. The Balaban J connectivity index is 2.16. The fourth-order valence-corrected chi connectivity index (χ4v) is 1.80. The molecule has 15 heavy (non-hydrogen) atoms. The number of rotatable bonds is 2. The van der Waals surface area contributed by atoms with Crippen LogP contribution in [0, 0.1) is 13.8 Å². The monoisotopic (exact) mass is 221 g/mol. The highest BCUT2D eigenvalue weighted by Crippen LogP contribution is 2.16. The highest BCUT2D eigenvalue weighted by atomic mass is 32.1. The SMILES string of the molecule is Cc1[nH]nc(NC(=O)c2cccs2)c1C. The minimum Gasteiger partial charge on any atom is -0.304 e. The molecule has 2 heterocycles. The van der Waals surface area contributed by atoms with Crippen LogP contribution < -0.4 is 5.32 Å². The summed E-state index contributed by atoms with van der Waals surface area (Å²) in [6, 6.07) is 3.64. The van der Waals surface area contributed by atoms with E-state index in [0.29, 0.717) is 10.7 Å². The number of amides is 1. The maximum Gasteiger partial charge on any atom is 0.266 e. The van der Waals surface area contributed by atoms with Crippen molar-refractivity contribution in [2.24, 2.45) is 0 Å². The molecule has 0 aromatic carbocycles. The Morgan fingerprint density at radius 1 is 1.53 bits per heavy atom. The zero-order chi connectivity index (χ0) is 10.8. The molecule has 0 aliphatic rings. The molecule has 0 saturated carbocycles. The minimum atomic E-state index is -0.111. The van der Waals surface area contributed by atoms with Crippen LogP contribution in [0.4, 0.5) is 5.82 Å². The Morgan fingerprint density at radius 3 is 2.87 bits per heavy atom. The number of hydrogen-bond donors (Lipinski definition) is 2. The smallest absolute Gasteiger partial charge is 0.266 e. The Hall–Kier alpha value is -1.62. The molecule has 0 atom stereocenters. The summed E-state index contributed by atoms with van der Waals surface area (Å²) < 4.78 is 0. The Bertz CT molecular complexity index is 473. The normalized spacial score (nSPS) is 10.3. The number of aromatic nitrogens is 2. The lowest BCUT2D eigenvalue weighted by atomic mass is 10.3. The fourth-order valence-electron chi connectivity index (χ4n) is 1.18. The molecule has 2 aromatic rings. The molecule has 0 saturated heterocycles. The van der Waals surface area contributed by atoms with Crippen molar-refractivity contribution in [3.8, 4) is 0 Å². The molecule has 0 bridgehead atoms. The Labute approximate surface area is 91.3 Å². The minimum absolute atomic E-state index is 0.111. The summed E-state index contributed by atoms with van der Waals surface area (Å²) in [5.41, 5.74) is 1.94. The van der Waals surface area contributed by atoms with Gasteiger partial charge in [0.05, 0.1) is 4.88 Å². The third kappa shape index (κ3) is 1.92. The van der Waals surface area contributed by atoms with E-state index in [0.717, 1.165) is 11.3 Å². The molecular weight excluding hydrogens is 210 g/mol. The van der Waals surface area contributed by atoms with Gasteiger partial charge < -0.3 is 5.32 Å². The summed E-state index contributed by atoms with van der Waals surface area (Å²) in [6.45, 7) is 3.84. The van der Waals surface area contributed by atoms with E-state index in [1.54, 1.807) is 6.07 Å². The van der Waals surface area contributed by atoms with Crippen molar-refractivity contribution in [2.45, 2.75) is 13.8 Å². The van der Waals surface area contributed by atoms with Crippen LogP contribution in [0.3, 0.4) is 0 Å². The maximum absolute atomic E-state index is 11.7. The molecular formula is C10H11N3OS. The van der Waals surface area contributed by atoms with E-state index >= 15 is 0 Å². The second kappa shape index (κ2) is 3.86. The van der Waals surface area contributed by atoms with E-state index in [9.17, 15) is 4.79 Å². The summed E-state index contributed by atoms with van der Waals surface area (Å²) >= 11 is 1.41. The van der Waals surface area contributed by atoms with Crippen LogP contribution >= 0.6 is 11.3 Å². The lowest BCUT2D eigenvalue weighted by molar-refractivity contribution is 0.103. The van der Waals surface area contributed by atoms with Gasteiger partial charge in [-0.15, -0.1) is 11.3 Å². The molecule has 4 nitrogen and oxygen atoms in total. The van der Waals surface area contributed by atoms with Gasteiger partial charge in [0.1, 0.15) is 0 Å². The number of H-pyrrole nitrogens is 1. The van der Waals surface area contributed by atoms with Crippen molar-refractivity contribution in [1.29, 1.82) is 0 Å². The van der Waals surface area contributed by atoms with Gasteiger partial charge in [-0.1, -0.05) is 6.07 Å². The van der Waals surface area contributed by atoms with Gasteiger partial charge in [0.15, 0.2) is 5.82 Å². The van der Waals surface area contributed by atoms with E-state index in [1.807, 2.05) is 25.3 Å². The third-order valence-corrected chi connectivity index (χ3v) is 3.10. The topological polar surface area (TPSA) is 57.8 Å². The van der Waals surface area contributed by atoms with Crippen LogP contribution in [-0.2, 0) is 0 Å². The van der Waals surface area contributed by atoms with Crippen molar-refractivity contribution in [3.63, 3.8) is 0 Å². The van der Waals surface area contributed by atoms with Crippen LogP contribution in [-0.4, -0.2) is 16.1 Å². The van der Waals surface area contributed by atoms with Crippen LogP contribution in [0.2, 0.25) is 0 Å². The van der Waals surface area contributed by atoms with Crippen molar-refractivity contribution < 1.29 is 4.79 Å². The number of carbonyl (C=O) groups is 1. The number of nitrogens with one attached hydrogen (secondary N) is 2. The van der Waals surface area contributed by atoms with E-state index in [2.05, 4.69) is 15.5 Å². The fraction of sp³-hybridized carbons (Fsp3) is 0.200. The van der Waals surface area contributed by atoms with Crippen LogP contribution in [0.15, 0.2) is 17.5 Å². The standard InChI is InChI=1S/C10H11N3OS/c1-6-7(2)12-13-9(6)11-10(14)8-4-3-5-15-8/h3-5H,1-2H3,(H2,11,12,13,14). The van der Waals surface area contributed by atoms with E-state index in [1.165, 1.54) is 11.3 Å². The molecule has 0 radical (unpaired) electrons. The molecule has 0 unspecified atom stereocenters. The van der Waals surface area contributed by atoms with Gasteiger partial charge in [0.25, 0.3) is 5.91 Å². The van der Waals surface area contributed by atoms with Crippen molar-refractivity contribution in [1.82, 2.24) is 10.2 Å². The van der Waals surface area contributed by atoms with Gasteiger partial charge in [-0.05, 0) is 25.3 Å². The average Bonchev–Trinajstić information content (AvgIpc) is 2.83. The Kier molecular flexibility index (Phi) is 2.55. The molecule has 0 aliphatic carbocycles. The largest absolute Gasteiger partial charge is 0.304 e. The van der Waals surface area contributed by atoms with Crippen molar-refractivity contribution in [3.05, 3.63) is 33.6 Å². The number of hydrogen-bond acceptors (Lipinski definition) is 3. The zero-order valence-corrected chi connectivity index (χ0v) is 9.31. The average molecular weight is 221 g/mol. The summed E-state index contributed by atoms with van der Waals surface area (Å²) in [7, 11) is 0. The van der Waals surface area contributed by atoms with Gasteiger partial charge in [0, 0.05) is 11.3 Å². The molecule has 2 aromatic heterocycles. The van der Waals surface area contributed by atoms with Crippen molar-refractivity contribution in [2.75, 3.05) is 5.32 Å². The summed E-state index contributed by atoms with van der Waals surface area (Å²) in [6.07, 6.45) is 0. The lowest BCUT2D eigenvalue weighted by Gasteiger charge is -2.00. The van der Waals surface area contributed by atoms with Crippen molar-refractivity contribution >= 4 is 23.1 Å². The van der Waals surface area contributed by atoms with Gasteiger partial charge in [0.2, 0.25) is 0 Å². The molecule has 0 spiro atoms. The second-order valence-electron chi connectivity index (χ2n) is 3.25. The van der Waals surface area contributed by atoms with Gasteiger partial charge in [-0.3, -0.25) is 9.89 Å². The first kappa shape index (κ1) is 9.92. The van der Waals surface area contributed by atoms with Crippen LogP contribution in [0.25, 0.3) is 0 Å². The highest BCUT2D eigenvalue weighted by molar-refractivity contribution is 7.12. The number of anilines is 1. The Morgan fingerprint density at radius 2 is 2.33 bits per heavy atom. The molecule has 5 heteroatoms. The molecule has 2 N–H and O–H groups in total. The van der Waals surface area contributed by atoms with E-state index < -0.39 is 0 Å². The van der Waals surface area contributed by atoms with E-state index in [-0.39, 0.29) is 5.91 Å². The number of thiophene rings is 1. The predicted octanol–water partition coefficient (Wildman–Crippen LogP) is 2.34. The second-order valence-corrected chi connectivity index (χ2v) is 4.20.